The molecule has 0 aliphatic rings. The fourth-order valence-electron chi connectivity index (χ4n) is 1.82. The van der Waals surface area contributed by atoms with Gasteiger partial charge in [0.25, 0.3) is 0 Å². The molecule has 0 amide bonds. The number of benzene rings is 1. The second kappa shape index (κ2) is 3.93. The Morgan fingerprint density at radius 1 is 1.35 bits per heavy atom. The Kier molecular flexibility index (Phi) is 2.59. The lowest BCUT2D eigenvalue weighted by Gasteiger charge is -1.99. The van der Waals surface area contributed by atoms with Crippen LogP contribution in [-0.2, 0) is 0 Å². The molecule has 0 saturated heterocycles. The molecule has 1 aromatic heterocycles. The van der Waals surface area contributed by atoms with Crippen LogP contribution in [0.1, 0.15) is 27.8 Å². The highest BCUT2D eigenvalue weighted by atomic mass is 16.5. The van der Waals surface area contributed by atoms with E-state index >= 15 is 0 Å². The van der Waals surface area contributed by atoms with Crippen LogP contribution in [0.15, 0.2) is 18.2 Å². The molecule has 1 aromatic carbocycles. The minimum Gasteiger partial charge on any atom is -0.497 e. The summed E-state index contributed by atoms with van der Waals surface area (Å²) >= 11 is 0. The maximum absolute atomic E-state index is 11.5. The quantitative estimate of drug-likeness (QED) is 0.795. The van der Waals surface area contributed by atoms with Gasteiger partial charge in [-0.1, -0.05) is 0 Å². The van der Waals surface area contributed by atoms with E-state index in [1.54, 1.807) is 18.2 Å². The molecule has 0 atom stereocenters. The van der Waals surface area contributed by atoms with E-state index in [-0.39, 0.29) is 17.0 Å². The maximum atomic E-state index is 11.5. The molecule has 2 rings (SSSR count). The van der Waals surface area contributed by atoms with Gasteiger partial charge < -0.3 is 14.8 Å². The summed E-state index contributed by atoms with van der Waals surface area (Å²) < 4.78 is 5.05. The fourth-order valence-corrected chi connectivity index (χ4v) is 1.82. The Labute approximate surface area is 97.0 Å². The van der Waals surface area contributed by atoms with Crippen LogP contribution in [0.3, 0.4) is 0 Å². The summed E-state index contributed by atoms with van der Waals surface area (Å²) in [4.78, 5) is 25.3. The molecular weight excluding hydrogens is 222 g/mol. The van der Waals surface area contributed by atoms with Crippen LogP contribution in [0.5, 0.6) is 5.75 Å². The number of ether oxygens (including phenoxy) is 1. The molecule has 2 aromatic rings. The summed E-state index contributed by atoms with van der Waals surface area (Å²) in [6.07, 6.45) is 0. The molecule has 1 heterocycles. The van der Waals surface area contributed by atoms with Gasteiger partial charge in [-0.15, -0.1) is 0 Å². The molecule has 0 aliphatic heterocycles. The van der Waals surface area contributed by atoms with E-state index in [4.69, 9.17) is 9.84 Å². The number of fused-ring (bicyclic) bond motifs is 1. The van der Waals surface area contributed by atoms with Crippen molar-refractivity contribution in [3.8, 4) is 5.75 Å². The van der Waals surface area contributed by atoms with Gasteiger partial charge in [0.1, 0.15) is 11.4 Å². The number of aromatic amines is 1. The number of rotatable bonds is 3. The van der Waals surface area contributed by atoms with Crippen LogP contribution in [0.4, 0.5) is 0 Å². The zero-order valence-electron chi connectivity index (χ0n) is 9.40. The third kappa shape index (κ3) is 1.75. The number of carbonyl (C=O) groups is 2. The Morgan fingerprint density at radius 2 is 2.06 bits per heavy atom. The Hall–Kier alpha value is -2.30. The largest absolute Gasteiger partial charge is 0.497 e. The normalized spacial score (nSPS) is 10.5. The number of hydrogen-bond acceptors (Lipinski definition) is 3. The summed E-state index contributed by atoms with van der Waals surface area (Å²) in [6, 6.07) is 5.04. The molecule has 0 spiro atoms. The van der Waals surface area contributed by atoms with Crippen LogP contribution in [0.25, 0.3) is 10.9 Å². The number of nitrogens with one attached hydrogen (secondary N) is 1. The number of ketones is 1. The Balaban J connectivity index is 2.81. The van der Waals surface area contributed by atoms with Gasteiger partial charge in [-0.25, -0.2) is 4.79 Å². The molecule has 0 bridgehead atoms. The third-order valence-corrected chi connectivity index (χ3v) is 2.57. The zero-order valence-corrected chi connectivity index (χ0v) is 9.40. The smallest absolute Gasteiger partial charge is 0.353 e. The average molecular weight is 233 g/mol. The van der Waals surface area contributed by atoms with Crippen LogP contribution in [0.2, 0.25) is 0 Å². The van der Waals surface area contributed by atoms with Gasteiger partial charge in [0.2, 0.25) is 0 Å². The zero-order chi connectivity index (χ0) is 12.6. The topological polar surface area (TPSA) is 79.4 Å². The predicted octanol–water partition coefficient (Wildman–Crippen LogP) is 2.08. The molecule has 5 nitrogen and oxygen atoms in total. The number of Topliss-reactive ketones (excluding diaryl/α,β-unsaturated/α-hetero) is 1. The molecule has 0 fully saturated rings. The van der Waals surface area contributed by atoms with E-state index in [1.165, 1.54) is 14.0 Å². The highest BCUT2D eigenvalue weighted by Gasteiger charge is 2.20. The van der Waals surface area contributed by atoms with E-state index in [9.17, 15) is 9.59 Å². The highest BCUT2D eigenvalue weighted by molar-refractivity contribution is 6.14. The van der Waals surface area contributed by atoms with Gasteiger partial charge in [0, 0.05) is 10.9 Å². The second-order valence-electron chi connectivity index (χ2n) is 3.65. The highest BCUT2D eigenvalue weighted by Crippen LogP contribution is 2.27. The van der Waals surface area contributed by atoms with Crippen molar-refractivity contribution in [2.75, 3.05) is 7.11 Å². The first-order valence-corrected chi connectivity index (χ1v) is 4.98. The molecule has 0 radical (unpaired) electrons. The number of methoxy groups -OCH3 is 1. The maximum Gasteiger partial charge on any atom is 0.353 e. The van der Waals surface area contributed by atoms with Crippen molar-refractivity contribution < 1.29 is 19.4 Å². The first-order valence-electron chi connectivity index (χ1n) is 4.98. The number of H-pyrrole nitrogens is 1. The van der Waals surface area contributed by atoms with Gasteiger partial charge >= 0.3 is 5.97 Å². The summed E-state index contributed by atoms with van der Waals surface area (Å²) in [5.74, 6) is -0.858. The van der Waals surface area contributed by atoms with Crippen molar-refractivity contribution in [3.63, 3.8) is 0 Å². The minimum atomic E-state index is -1.15. The monoisotopic (exact) mass is 233 g/mol. The van der Waals surface area contributed by atoms with E-state index in [0.29, 0.717) is 16.7 Å². The molecule has 0 unspecified atom stereocenters. The van der Waals surface area contributed by atoms with E-state index in [2.05, 4.69) is 4.98 Å². The number of hydrogen-bond donors (Lipinski definition) is 2. The number of aromatic nitrogens is 1. The van der Waals surface area contributed by atoms with Gasteiger partial charge in [0.05, 0.1) is 12.7 Å². The number of carboxylic acids is 1. The van der Waals surface area contributed by atoms with Crippen molar-refractivity contribution >= 4 is 22.7 Å². The number of carbonyl (C=O) groups excluding carboxylic acids is 1. The van der Waals surface area contributed by atoms with Crippen molar-refractivity contribution in [2.45, 2.75) is 6.92 Å². The summed E-state index contributed by atoms with van der Waals surface area (Å²) in [5.41, 5.74) is 0.709. The van der Waals surface area contributed by atoms with Crippen molar-refractivity contribution in [1.29, 1.82) is 0 Å². The molecule has 88 valence electrons. The molecule has 5 heteroatoms. The predicted molar refractivity (Wildman–Crippen MR) is 61.8 cm³/mol. The molecule has 2 N–H and O–H groups in total. The Morgan fingerprint density at radius 3 is 2.59 bits per heavy atom. The van der Waals surface area contributed by atoms with E-state index in [0.717, 1.165) is 0 Å². The lowest BCUT2D eigenvalue weighted by Crippen LogP contribution is -2.04. The fraction of sp³-hybridized carbons (Fsp3) is 0.167. The second-order valence-corrected chi connectivity index (χ2v) is 3.65. The van der Waals surface area contributed by atoms with Gasteiger partial charge in [-0.05, 0) is 25.1 Å². The summed E-state index contributed by atoms with van der Waals surface area (Å²) in [5, 5.41) is 9.59. The van der Waals surface area contributed by atoms with Crippen molar-refractivity contribution in [2.24, 2.45) is 0 Å². The van der Waals surface area contributed by atoms with E-state index in [1.807, 2.05) is 0 Å². The number of carboxylic acid groups (broad SMARTS) is 1. The first kappa shape index (κ1) is 11.2. The van der Waals surface area contributed by atoms with Crippen LogP contribution in [0, 0.1) is 0 Å². The van der Waals surface area contributed by atoms with Gasteiger partial charge in [-0.2, -0.15) is 0 Å². The van der Waals surface area contributed by atoms with Crippen LogP contribution < -0.4 is 4.74 Å². The van der Waals surface area contributed by atoms with Gasteiger partial charge in [-0.3, -0.25) is 4.79 Å². The average Bonchev–Trinajstić information content (AvgIpc) is 2.66. The van der Waals surface area contributed by atoms with Crippen molar-refractivity contribution in [3.05, 3.63) is 29.5 Å². The lowest BCUT2D eigenvalue weighted by atomic mass is 10.1. The lowest BCUT2D eigenvalue weighted by molar-refractivity contribution is 0.0687. The molecule has 0 saturated carbocycles. The van der Waals surface area contributed by atoms with Crippen molar-refractivity contribution in [1.82, 2.24) is 4.98 Å². The van der Waals surface area contributed by atoms with Gasteiger partial charge in [0.15, 0.2) is 5.78 Å². The number of aromatic carboxylic acids is 1. The SMILES string of the molecule is COc1ccc2[nH]c(C(=O)O)c(C(C)=O)c2c1. The summed E-state index contributed by atoms with van der Waals surface area (Å²) in [6.45, 7) is 1.34. The molecule has 0 aliphatic carbocycles. The van der Waals surface area contributed by atoms with Crippen LogP contribution in [-0.4, -0.2) is 29.0 Å². The first-order chi connectivity index (χ1) is 8.04. The van der Waals surface area contributed by atoms with Crippen LogP contribution >= 0.6 is 0 Å². The van der Waals surface area contributed by atoms with E-state index < -0.39 is 5.97 Å². The summed E-state index contributed by atoms with van der Waals surface area (Å²) in [7, 11) is 1.51. The molecule has 17 heavy (non-hydrogen) atoms. The minimum absolute atomic E-state index is 0.0826. The molecular formula is C12H11NO4. The standard InChI is InChI=1S/C12H11NO4/c1-6(14)10-8-5-7(17-2)3-4-9(8)13-11(10)12(15)16/h3-5,13H,1-2H3,(H,15,16). The Bertz CT molecular complexity index is 612. The third-order valence-electron chi connectivity index (χ3n) is 2.57.